The molecule has 200 valence electrons. The molecule has 6 rings (SSSR count). The smallest absolute Gasteiger partial charge is 0.135 e. The van der Waals surface area contributed by atoms with Crippen molar-refractivity contribution >= 4 is 11.4 Å². The summed E-state index contributed by atoms with van der Waals surface area (Å²) >= 11 is 0. The molecule has 0 unspecified atom stereocenters. The van der Waals surface area contributed by atoms with Gasteiger partial charge in [-0.1, -0.05) is 66.7 Å². The maximum atomic E-state index is 6.86. The number of hydrogen-bond donors (Lipinski definition) is 0. The van der Waals surface area contributed by atoms with E-state index in [1.165, 1.54) is 39.2 Å². The lowest BCUT2D eigenvalue weighted by atomic mass is 9.74. The Bertz CT molecular complexity index is 1390. The van der Waals surface area contributed by atoms with E-state index in [1.54, 1.807) is 0 Å². The zero-order chi connectivity index (χ0) is 27.0. The number of rotatable bonds is 8. The Kier molecular flexibility index (Phi) is 6.82. The van der Waals surface area contributed by atoms with Gasteiger partial charge in [0.2, 0.25) is 0 Å². The van der Waals surface area contributed by atoms with E-state index in [0.29, 0.717) is 0 Å². The standard InChI is InChI=1S/C35H39N3O/c1-5-36(6-2)28-18-20-31-33(22-28)39-34-23-29(37(7-3)8-4)19-21-32(34)35(31)30-17-13-12-16-27(30)25-38(35)24-26-14-10-9-11-15-26/h9-23H,5-8,24-25H2,1-4H3. The van der Waals surface area contributed by atoms with Gasteiger partial charge in [-0.15, -0.1) is 0 Å². The maximum Gasteiger partial charge on any atom is 0.135 e. The van der Waals surface area contributed by atoms with Crippen LogP contribution >= 0.6 is 0 Å². The van der Waals surface area contributed by atoms with Gasteiger partial charge in [0, 0.05) is 73.9 Å². The molecule has 4 aromatic carbocycles. The number of benzene rings is 4. The first-order valence-electron chi connectivity index (χ1n) is 14.5. The van der Waals surface area contributed by atoms with Crippen LogP contribution in [0.2, 0.25) is 0 Å². The van der Waals surface area contributed by atoms with Crippen LogP contribution in [0.15, 0.2) is 91.0 Å². The molecule has 0 amide bonds. The summed E-state index contributed by atoms with van der Waals surface area (Å²) in [5, 5.41) is 0. The lowest BCUT2D eigenvalue weighted by molar-refractivity contribution is 0.153. The highest BCUT2D eigenvalue weighted by molar-refractivity contribution is 5.70. The molecular formula is C35H39N3O. The van der Waals surface area contributed by atoms with Crippen molar-refractivity contribution in [1.29, 1.82) is 0 Å². The van der Waals surface area contributed by atoms with E-state index in [9.17, 15) is 0 Å². The second-order valence-corrected chi connectivity index (χ2v) is 10.5. The lowest BCUT2D eigenvalue weighted by Gasteiger charge is -2.45. The molecule has 0 fully saturated rings. The van der Waals surface area contributed by atoms with Gasteiger partial charge < -0.3 is 14.5 Å². The molecule has 0 N–H and O–H groups in total. The minimum Gasteiger partial charge on any atom is -0.456 e. The van der Waals surface area contributed by atoms with Crippen LogP contribution in [0, 0.1) is 0 Å². The molecule has 0 radical (unpaired) electrons. The summed E-state index contributed by atoms with van der Waals surface area (Å²) in [5.41, 5.74) is 8.49. The SMILES string of the molecule is CCN(CC)c1ccc2c(c1)Oc1cc(N(CC)CC)ccc1C21c2ccccc2CN1Cc1ccccc1. The van der Waals surface area contributed by atoms with Gasteiger partial charge in [0.1, 0.15) is 17.0 Å². The molecule has 2 aliphatic heterocycles. The largest absolute Gasteiger partial charge is 0.456 e. The van der Waals surface area contributed by atoms with Crippen LogP contribution in [0.5, 0.6) is 11.5 Å². The Labute approximate surface area is 233 Å². The highest BCUT2D eigenvalue weighted by Gasteiger charge is 2.52. The van der Waals surface area contributed by atoms with E-state index in [1.807, 2.05) is 0 Å². The van der Waals surface area contributed by atoms with Crippen molar-refractivity contribution in [3.63, 3.8) is 0 Å². The molecule has 0 aromatic heterocycles. The molecule has 4 nitrogen and oxygen atoms in total. The fourth-order valence-electron chi connectivity index (χ4n) is 6.74. The van der Waals surface area contributed by atoms with Gasteiger partial charge in [0.05, 0.1) is 0 Å². The third-order valence-electron chi connectivity index (χ3n) is 8.65. The molecule has 4 heteroatoms. The number of nitrogens with zero attached hydrogens (tertiary/aromatic N) is 3. The topological polar surface area (TPSA) is 19.0 Å². The average Bonchev–Trinajstić information content (AvgIpc) is 3.28. The van der Waals surface area contributed by atoms with Crippen LogP contribution in [-0.2, 0) is 18.6 Å². The second-order valence-electron chi connectivity index (χ2n) is 10.5. The number of ether oxygens (including phenoxy) is 1. The fourth-order valence-corrected chi connectivity index (χ4v) is 6.74. The monoisotopic (exact) mass is 517 g/mol. The van der Waals surface area contributed by atoms with Gasteiger partial charge in [0.15, 0.2) is 0 Å². The Balaban J connectivity index is 1.61. The Morgan fingerprint density at radius 3 is 1.74 bits per heavy atom. The highest BCUT2D eigenvalue weighted by atomic mass is 16.5. The summed E-state index contributed by atoms with van der Waals surface area (Å²) < 4.78 is 6.86. The van der Waals surface area contributed by atoms with E-state index < -0.39 is 5.54 Å². The third kappa shape index (κ3) is 4.09. The van der Waals surface area contributed by atoms with Crippen molar-refractivity contribution in [1.82, 2.24) is 4.90 Å². The average molecular weight is 518 g/mol. The molecular weight excluding hydrogens is 478 g/mol. The van der Waals surface area contributed by atoms with Crippen molar-refractivity contribution < 1.29 is 4.74 Å². The van der Waals surface area contributed by atoms with Crippen LogP contribution in [0.4, 0.5) is 11.4 Å². The van der Waals surface area contributed by atoms with Gasteiger partial charge in [-0.25, -0.2) is 0 Å². The van der Waals surface area contributed by atoms with E-state index in [-0.39, 0.29) is 0 Å². The summed E-state index contributed by atoms with van der Waals surface area (Å²) in [7, 11) is 0. The molecule has 4 aromatic rings. The Morgan fingerprint density at radius 1 is 0.641 bits per heavy atom. The number of fused-ring (bicyclic) bond motifs is 6. The quantitative estimate of drug-likeness (QED) is 0.237. The zero-order valence-corrected chi connectivity index (χ0v) is 23.7. The van der Waals surface area contributed by atoms with Gasteiger partial charge >= 0.3 is 0 Å². The molecule has 1 spiro atoms. The van der Waals surface area contributed by atoms with E-state index in [2.05, 4.69) is 133 Å². The lowest BCUT2D eigenvalue weighted by Crippen LogP contribution is -2.44. The highest BCUT2D eigenvalue weighted by Crippen LogP contribution is 2.58. The molecule has 39 heavy (non-hydrogen) atoms. The molecule has 2 aliphatic rings. The first-order valence-corrected chi connectivity index (χ1v) is 14.5. The van der Waals surface area contributed by atoms with Crippen LogP contribution in [0.25, 0.3) is 0 Å². The molecule has 0 atom stereocenters. The third-order valence-corrected chi connectivity index (χ3v) is 8.65. The minimum atomic E-state index is -0.432. The first-order chi connectivity index (χ1) is 19.1. The molecule has 0 aliphatic carbocycles. The second kappa shape index (κ2) is 10.4. The van der Waals surface area contributed by atoms with Gasteiger partial charge in [-0.2, -0.15) is 0 Å². The van der Waals surface area contributed by atoms with Crippen LogP contribution in [0.3, 0.4) is 0 Å². The summed E-state index contributed by atoms with van der Waals surface area (Å²) in [4.78, 5) is 7.44. The predicted molar refractivity (Wildman–Crippen MR) is 162 cm³/mol. The van der Waals surface area contributed by atoms with Crippen LogP contribution < -0.4 is 14.5 Å². The van der Waals surface area contributed by atoms with Crippen LogP contribution in [-0.4, -0.2) is 31.1 Å². The van der Waals surface area contributed by atoms with Gasteiger partial charge in [-0.3, -0.25) is 4.90 Å². The first kappa shape index (κ1) is 25.5. The van der Waals surface area contributed by atoms with Crippen molar-refractivity contribution in [3.8, 4) is 11.5 Å². The van der Waals surface area contributed by atoms with Crippen molar-refractivity contribution in [2.75, 3.05) is 36.0 Å². The Morgan fingerprint density at radius 2 is 1.18 bits per heavy atom. The molecule has 0 saturated carbocycles. The van der Waals surface area contributed by atoms with Gasteiger partial charge in [-0.05, 0) is 56.5 Å². The number of hydrogen-bond acceptors (Lipinski definition) is 4. The fraction of sp³-hybridized carbons (Fsp3) is 0.314. The van der Waals surface area contributed by atoms with E-state index in [0.717, 1.165) is 50.8 Å². The van der Waals surface area contributed by atoms with E-state index >= 15 is 0 Å². The van der Waals surface area contributed by atoms with Crippen molar-refractivity contribution in [2.24, 2.45) is 0 Å². The van der Waals surface area contributed by atoms with E-state index in [4.69, 9.17) is 4.74 Å². The minimum absolute atomic E-state index is 0.432. The molecule has 2 heterocycles. The molecule has 0 saturated heterocycles. The van der Waals surface area contributed by atoms with Gasteiger partial charge in [0.25, 0.3) is 0 Å². The summed E-state index contributed by atoms with van der Waals surface area (Å²) in [6.07, 6.45) is 0. The number of anilines is 2. The maximum absolute atomic E-state index is 6.86. The molecule has 0 bridgehead atoms. The normalized spacial score (nSPS) is 14.9. The summed E-state index contributed by atoms with van der Waals surface area (Å²) in [6, 6.07) is 33.6. The summed E-state index contributed by atoms with van der Waals surface area (Å²) in [6.45, 7) is 14.5. The van der Waals surface area contributed by atoms with Crippen LogP contribution in [0.1, 0.15) is 55.5 Å². The summed E-state index contributed by atoms with van der Waals surface area (Å²) in [5.74, 6) is 1.91. The Hall–Kier alpha value is -3.76. The zero-order valence-electron chi connectivity index (χ0n) is 23.7. The van der Waals surface area contributed by atoms with Crippen molar-refractivity contribution in [3.05, 3.63) is 119 Å². The predicted octanol–water partition coefficient (Wildman–Crippen LogP) is 7.79. The van der Waals surface area contributed by atoms with Crippen molar-refractivity contribution in [2.45, 2.75) is 46.3 Å².